The Kier molecular flexibility index (Phi) is 11.7. The van der Waals surface area contributed by atoms with Crippen LogP contribution in [0.5, 0.6) is 0 Å². The fourth-order valence-corrected chi connectivity index (χ4v) is 2.24. The SMILES string of the molecule is N.O=S(=O)(O)CC(F)C(F)C(F)C(F)C(F)C(F)C(F)CCCF. The van der Waals surface area contributed by atoms with Crippen LogP contribution in [0.4, 0.5) is 35.1 Å². The third kappa shape index (κ3) is 8.42. The third-order valence-electron chi connectivity index (χ3n) is 2.89. The first-order valence-corrected chi connectivity index (χ1v) is 8.03. The second-order valence-electron chi connectivity index (χ2n) is 4.83. The highest BCUT2D eigenvalue weighted by Crippen LogP contribution is 2.27. The minimum Gasteiger partial charge on any atom is -0.344 e. The van der Waals surface area contributed by atoms with Crippen molar-refractivity contribution in [1.29, 1.82) is 0 Å². The van der Waals surface area contributed by atoms with Gasteiger partial charge in [0, 0.05) is 0 Å². The summed E-state index contributed by atoms with van der Waals surface area (Å²) in [5, 5.41) is 0. The number of hydrogen-bond acceptors (Lipinski definition) is 3. The Morgan fingerprint density at radius 2 is 1.12 bits per heavy atom. The van der Waals surface area contributed by atoms with Crippen LogP contribution in [0, 0.1) is 0 Å². The average molecular weight is 397 g/mol. The van der Waals surface area contributed by atoms with Gasteiger partial charge in [-0.25, -0.2) is 30.7 Å². The normalized spacial score (nSPS) is 21.0. The lowest BCUT2D eigenvalue weighted by molar-refractivity contribution is -0.0337. The Bertz CT molecular complexity index is 443. The fourth-order valence-electron chi connectivity index (χ4n) is 1.65. The van der Waals surface area contributed by atoms with Crippen LogP contribution < -0.4 is 6.15 Å². The smallest absolute Gasteiger partial charge is 0.267 e. The molecule has 0 aromatic carbocycles. The van der Waals surface area contributed by atoms with Crippen LogP contribution in [0.25, 0.3) is 0 Å². The van der Waals surface area contributed by atoms with Gasteiger partial charge in [-0.15, -0.1) is 0 Å². The van der Waals surface area contributed by atoms with E-state index < -0.39 is 78.6 Å². The molecule has 0 amide bonds. The summed E-state index contributed by atoms with van der Waals surface area (Å²) in [5.41, 5.74) is 0. The van der Waals surface area contributed by atoms with Gasteiger partial charge < -0.3 is 6.15 Å². The van der Waals surface area contributed by atoms with Gasteiger partial charge in [0.05, 0.1) is 6.67 Å². The molecule has 4 nitrogen and oxygen atoms in total. The zero-order valence-electron chi connectivity index (χ0n) is 12.3. The molecule has 13 heteroatoms. The van der Waals surface area contributed by atoms with Crippen molar-refractivity contribution in [2.45, 2.75) is 56.0 Å². The first kappa shape index (κ1) is 25.5. The minimum atomic E-state index is -5.06. The van der Waals surface area contributed by atoms with E-state index in [2.05, 4.69) is 0 Å². The molecule has 0 heterocycles. The number of hydrogen-bond donors (Lipinski definition) is 2. The molecule has 0 bridgehead atoms. The number of alkyl halides is 8. The Hall–Kier alpha value is -0.690. The zero-order chi connectivity index (χ0) is 18.4. The van der Waals surface area contributed by atoms with E-state index in [0.717, 1.165) is 0 Å². The van der Waals surface area contributed by atoms with Gasteiger partial charge in [0.2, 0.25) is 0 Å². The van der Waals surface area contributed by atoms with Crippen LogP contribution in [0.15, 0.2) is 0 Å². The van der Waals surface area contributed by atoms with Gasteiger partial charge in [0.25, 0.3) is 10.1 Å². The van der Waals surface area contributed by atoms with Crippen molar-refractivity contribution < 1.29 is 48.1 Å². The summed E-state index contributed by atoms with van der Waals surface area (Å²) in [4.78, 5) is 0. The fraction of sp³-hybridized carbons (Fsp3) is 1.00. The van der Waals surface area contributed by atoms with Crippen molar-refractivity contribution in [2.75, 3.05) is 12.4 Å². The van der Waals surface area contributed by atoms with E-state index in [-0.39, 0.29) is 6.15 Å². The molecule has 7 atom stereocenters. The summed E-state index contributed by atoms with van der Waals surface area (Å²) in [6.45, 7) is -1.05. The number of rotatable bonds is 11. The zero-order valence-corrected chi connectivity index (χ0v) is 13.1. The van der Waals surface area contributed by atoms with Gasteiger partial charge in [-0.3, -0.25) is 8.94 Å². The van der Waals surface area contributed by atoms with Crippen molar-refractivity contribution in [3.8, 4) is 0 Å². The topological polar surface area (TPSA) is 89.4 Å². The van der Waals surface area contributed by atoms with E-state index in [0.29, 0.717) is 0 Å². The lowest BCUT2D eigenvalue weighted by Crippen LogP contribution is -2.46. The van der Waals surface area contributed by atoms with E-state index in [1.807, 2.05) is 0 Å². The third-order valence-corrected chi connectivity index (χ3v) is 3.63. The van der Waals surface area contributed by atoms with Gasteiger partial charge in [-0.05, 0) is 12.8 Å². The van der Waals surface area contributed by atoms with Crippen LogP contribution in [0.3, 0.4) is 0 Å². The Labute approximate surface area is 133 Å². The summed E-state index contributed by atoms with van der Waals surface area (Å²) < 4.78 is 133. The molecule has 0 aromatic rings. The van der Waals surface area contributed by atoms with Crippen molar-refractivity contribution in [2.24, 2.45) is 0 Å². The molecule has 24 heavy (non-hydrogen) atoms. The van der Waals surface area contributed by atoms with Gasteiger partial charge in [0.15, 0.2) is 37.0 Å². The standard InChI is InChI=1S/C11H16F8O3S.H3N/c12-3-1-2-5(13)7(15)9(17)11(19)10(18)8(16)6(14)4-23(20,21)22;/h5-11H,1-4H2,(H,20,21,22);1H3. The molecular weight excluding hydrogens is 378 g/mol. The second kappa shape index (κ2) is 11.0. The molecular formula is C11H19F8NO3S. The van der Waals surface area contributed by atoms with E-state index in [4.69, 9.17) is 4.55 Å². The highest BCUT2D eigenvalue weighted by atomic mass is 32.2. The van der Waals surface area contributed by atoms with E-state index in [9.17, 15) is 43.5 Å². The molecule has 0 aliphatic heterocycles. The molecule has 0 fully saturated rings. The number of halogens is 8. The van der Waals surface area contributed by atoms with Gasteiger partial charge in [0.1, 0.15) is 11.9 Å². The maximum Gasteiger partial charge on any atom is 0.267 e. The van der Waals surface area contributed by atoms with Gasteiger partial charge >= 0.3 is 0 Å². The van der Waals surface area contributed by atoms with Crippen LogP contribution >= 0.6 is 0 Å². The van der Waals surface area contributed by atoms with Crippen molar-refractivity contribution >= 4 is 10.1 Å². The second-order valence-corrected chi connectivity index (χ2v) is 6.33. The highest BCUT2D eigenvalue weighted by molar-refractivity contribution is 7.85. The van der Waals surface area contributed by atoms with Crippen LogP contribution in [-0.2, 0) is 10.1 Å². The lowest BCUT2D eigenvalue weighted by Gasteiger charge is -2.25. The molecule has 0 aromatic heterocycles. The van der Waals surface area contributed by atoms with E-state index >= 15 is 0 Å². The highest BCUT2D eigenvalue weighted by Gasteiger charge is 2.46. The monoisotopic (exact) mass is 397 g/mol. The summed E-state index contributed by atoms with van der Waals surface area (Å²) in [6.07, 6.45) is -24.8. The first-order valence-electron chi connectivity index (χ1n) is 6.42. The predicted molar refractivity (Wildman–Crippen MR) is 70.9 cm³/mol. The molecule has 0 aliphatic carbocycles. The maximum atomic E-state index is 13.3. The molecule has 0 saturated heterocycles. The molecule has 0 spiro atoms. The average Bonchev–Trinajstić information content (AvgIpc) is 2.46. The van der Waals surface area contributed by atoms with Crippen molar-refractivity contribution in [1.82, 2.24) is 6.15 Å². The minimum absolute atomic E-state index is 0. The predicted octanol–water partition coefficient (Wildman–Crippen LogP) is 3.15. The summed E-state index contributed by atoms with van der Waals surface area (Å²) in [5.74, 6) is -1.92. The molecule has 0 saturated carbocycles. The van der Waals surface area contributed by atoms with Gasteiger partial charge in [-0.2, -0.15) is 8.42 Å². The molecule has 7 unspecified atom stereocenters. The van der Waals surface area contributed by atoms with Crippen molar-refractivity contribution in [3.05, 3.63) is 0 Å². The Balaban J connectivity index is 0. The summed E-state index contributed by atoms with van der Waals surface area (Å²) in [7, 11) is -5.06. The largest absolute Gasteiger partial charge is 0.344 e. The summed E-state index contributed by atoms with van der Waals surface area (Å²) >= 11 is 0. The van der Waals surface area contributed by atoms with Crippen LogP contribution in [-0.4, -0.2) is 68.6 Å². The van der Waals surface area contributed by atoms with E-state index in [1.54, 1.807) is 0 Å². The molecule has 0 aliphatic rings. The van der Waals surface area contributed by atoms with Gasteiger partial charge in [-0.1, -0.05) is 0 Å². The quantitative estimate of drug-likeness (QED) is 0.414. The summed E-state index contributed by atoms with van der Waals surface area (Å²) in [6, 6.07) is 0. The van der Waals surface area contributed by atoms with Crippen LogP contribution in [0.2, 0.25) is 0 Å². The van der Waals surface area contributed by atoms with E-state index in [1.165, 1.54) is 0 Å². The maximum absolute atomic E-state index is 13.3. The Morgan fingerprint density at radius 3 is 1.50 bits per heavy atom. The molecule has 4 N–H and O–H groups in total. The lowest BCUT2D eigenvalue weighted by atomic mass is 9.98. The molecule has 0 rings (SSSR count). The molecule has 148 valence electrons. The Morgan fingerprint density at radius 1 is 0.750 bits per heavy atom. The van der Waals surface area contributed by atoms with Crippen molar-refractivity contribution in [3.63, 3.8) is 0 Å². The first-order chi connectivity index (χ1) is 10.4. The van der Waals surface area contributed by atoms with Crippen LogP contribution in [0.1, 0.15) is 12.8 Å². The molecule has 0 radical (unpaired) electrons.